The maximum absolute atomic E-state index is 12.7. The highest BCUT2D eigenvalue weighted by Gasteiger charge is 2.51. The van der Waals surface area contributed by atoms with Crippen molar-refractivity contribution in [1.82, 2.24) is 4.90 Å². The summed E-state index contributed by atoms with van der Waals surface area (Å²) < 4.78 is 21.5. The molecule has 2 atom stereocenters. The number of methoxy groups -OCH3 is 1. The Morgan fingerprint density at radius 3 is 2.42 bits per heavy atom. The number of hydrogen-bond donors (Lipinski definition) is 2. The van der Waals surface area contributed by atoms with Gasteiger partial charge in [-0.15, -0.1) is 0 Å². The maximum atomic E-state index is 12.7. The van der Waals surface area contributed by atoms with Crippen LogP contribution in [0.4, 0.5) is 4.79 Å². The van der Waals surface area contributed by atoms with Gasteiger partial charge in [-0.05, 0) is 56.2 Å². The van der Waals surface area contributed by atoms with Crippen LogP contribution in [0.3, 0.4) is 0 Å². The summed E-state index contributed by atoms with van der Waals surface area (Å²) in [6.45, 7) is 0.949. The van der Waals surface area contributed by atoms with E-state index in [9.17, 15) is 24.6 Å². The predicted molar refractivity (Wildman–Crippen MR) is 115 cm³/mol. The Morgan fingerprint density at radius 1 is 1.09 bits per heavy atom. The van der Waals surface area contributed by atoms with E-state index in [0.29, 0.717) is 31.7 Å². The van der Waals surface area contributed by atoms with Crippen LogP contribution in [0.15, 0.2) is 24.3 Å². The van der Waals surface area contributed by atoms with E-state index in [4.69, 9.17) is 18.9 Å². The summed E-state index contributed by atoms with van der Waals surface area (Å²) in [5.41, 5.74) is -1.62. The Morgan fingerprint density at radius 2 is 1.82 bits per heavy atom. The Balaban J connectivity index is 1.60. The first-order chi connectivity index (χ1) is 15.9. The zero-order chi connectivity index (χ0) is 23.8. The van der Waals surface area contributed by atoms with Gasteiger partial charge >= 0.3 is 18.0 Å². The lowest BCUT2D eigenvalue weighted by atomic mass is 9.93. The normalized spacial score (nSPS) is 20.9. The van der Waals surface area contributed by atoms with Gasteiger partial charge < -0.3 is 34.1 Å². The largest absolute Gasteiger partial charge is 0.497 e. The molecule has 2 heterocycles. The number of likely N-dealkylation sites (tertiary alicyclic amines) is 1. The summed E-state index contributed by atoms with van der Waals surface area (Å²) >= 11 is 0. The number of carboxylic acids is 2. The van der Waals surface area contributed by atoms with E-state index < -0.39 is 29.9 Å². The average Bonchev–Trinajstić information content (AvgIpc) is 3.29. The molecule has 0 bridgehead atoms. The van der Waals surface area contributed by atoms with E-state index in [2.05, 4.69) is 0 Å². The Bertz CT molecular complexity index is 806. The second-order valence-electron chi connectivity index (χ2n) is 8.28. The first kappa shape index (κ1) is 24.8. The number of carbonyl (C=O) groups is 3. The minimum atomic E-state index is -2.43. The number of aliphatic carboxylic acids is 2. The lowest BCUT2D eigenvalue weighted by Gasteiger charge is -2.33. The van der Waals surface area contributed by atoms with Crippen LogP contribution in [0.2, 0.25) is 0 Å². The highest BCUT2D eigenvalue weighted by molar-refractivity contribution is 6.01. The molecule has 3 rings (SSSR count). The molecule has 33 heavy (non-hydrogen) atoms. The van der Waals surface area contributed by atoms with Crippen LogP contribution in [0.25, 0.3) is 0 Å². The van der Waals surface area contributed by atoms with Gasteiger partial charge in [0.25, 0.3) is 5.60 Å². The Hall–Kier alpha value is -2.85. The third-order valence-corrected chi connectivity index (χ3v) is 6.12. The average molecular weight is 465 g/mol. The zero-order valence-electron chi connectivity index (χ0n) is 18.7. The molecular formula is C23H31NO9. The number of carboxylic acid groups (broad SMARTS) is 2. The van der Waals surface area contributed by atoms with Crippen molar-refractivity contribution in [3.05, 3.63) is 29.8 Å². The summed E-state index contributed by atoms with van der Waals surface area (Å²) in [5.74, 6) is -2.45. The molecule has 0 aromatic heterocycles. The van der Waals surface area contributed by atoms with Gasteiger partial charge in [-0.2, -0.15) is 0 Å². The summed E-state index contributed by atoms with van der Waals surface area (Å²) in [6, 6.07) is 6.81. The van der Waals surface area contributed by atoms with Gasteiger partial charge in [-0.3, -0.25) is 0 Å². The van der Waals surface area contributed by atoms with Crippen LogP contribution in [0.1, 0.15) is 50.5 Å². The van der Waals surface area contributed by atoms with Crippen LogP contribution in [0.5, 0.6) is 5.75 Å². The van der Waals surface area contributed by atoms with Crippen molar-refractivity contribution < 1.29 is 43.5 Å². The lowest BCUT2D eigenvalue weighted by Crippen LogP contribution is -2.53. The predicted octanol–water partition coefficient (Wildman–Crippen LogP) is 3.03. The fourth-order valence-corrected chi connectivity index (χ4v) is 4.19. The molecule has 1 aromatic rings. The molecule has 10 heteroatoms. The minimum Gasteiger partial charge on any atom is -0.497 e. The zero-order valence-corrected chi connectivity index (χ0v) is 18.7. The molecule has 2 unspecified atom stereocenters. The first-order valence-electron chi connectivity index (χ1n) is 11.2. The molecule has 0 saturated carbocycles. The second-order valence-corrected chi connectivity index (χ2v) is 8.28. The molecule has 2 aliphatic heterocycles. The standard InChI is InChI=1S/C23H31NO9/c1-30-18-9-7-16(8-10-18)15-32-22(29)24-13-4-5-17(24)11-12-23(20(25)26,21(27)28)33-19-6-2-3-14-31-19/h7-10,17,19H,2-6,11-15H2,1H3,(H,25,26)(H,27,28). The molecule has 10 nitrogen and oxygen atoms in total. The molecule has 1 amide bonds. The summed E-state index contributed by atoms with van der Waals surface area (Å²) in [7, 11) is 1.57. The minimum absolute atomic E-state index is 0.0857. The van der Waals surface area contributed by atoms with Gasteiger partial charge in [-0.25, -0.2) is 14.4 Å². The summed E-state index contributed by atoms with van der Waals surface area (Å²) in [5, 5.41) is 19.5. The highest BCUT2D eigenvalue weighted by Crippen LogP contribution is 2.30. The fourth-order valence-electron chi connectivity index (χ4n) is 4.19. The second kappa shape index (κ2) is 11.3. The van der Waals surface area contributed by atoms with Gasteiger partial charge in [0.2, 0.25) is 0 Å². The molecule has 182 valence electrons. The van der Waals surface area contributed by atoms with Crippen molar-refractivity contribution in [3.8, 4) is 5.75 Å². The number of benzene rings is 1. The van der Waals surface area contributed by atoms with Crippen LogP contribution >= 0.6 is 0 Å². The number of nitrogens with zero attached hydrogens (tertiary/aromatic N) is 1. The van der Waals surface area contributed by atoms with Crippen LogP contribution in [0, 0.1) is 0 Å². The van der Waals surface area contributed by atoms with E-state index in [0.717, 1.165) is 24.8 Å². The topological polar surface area (TPSA) is 132 Å². The number of ether oxygens (including phenoxy) is 4. The van der Waals surface area contributed by atoms with Crippen molar-refractivity contribution in [2.24, 2.45) is 0 Å². The number of hydrogen-bond acceptors (Lipinski definition) is 7. The van der Waals surface area contributed by atoms with Crippen molar-refractivity contribution in [1.29, 1.82) is 0 Å². The molecule has 0 aliphatic carbocycles. The van der Waals surface area contributed by atoms with Crippen LogP contribution < -0.4 is 4.74 Å². The summed E-state index contributed by atoms with van der Waals surface area (Å²) in [6.07, 6.45) is 1.87. The number of rotatable bonds is 10. The van der Waals surface area contributed by atoms with E-state index >= 15 is 0 Å². The first-order valence-corrected chi connectivity index (χ1v) is 11.2. The molecule has 1 aromatic carbocycles. The molecule has 0 spiro atoms. The third kappa shape index (κ3) is 6.14. The molecule has 2 fully saturated rings. The highest BCUT2D eigenvalue weighted by atomic mass is 16.7. The summed E-state index contributed by atoms with van der Waals surface area (Å²) in [4.78, 5) is 38.2. The lowest BCUT2D eigenvalue weighted by molar-refractivity contribution is -0.238. The smallest absolute Gasteiger partial charge is 0.410 e. The van der Waals surface area contributed by atoms with E-state index in [-0.39, 0.29) is 25.5 Å². The van der Waals surface area contributed by atoms with Crippen molar-refractivity contribution >= 4 is 18.0 Å². The molecule has 2 N–H and O–H groups in total. The van der Waals surface area contributed by atoms with Gasteiger partial charge in [-0.1, -0.05) is 12.1 Å². The van der Waals surface area contributed by atoms with E-state index in [1.54, 1.807) is 31.4 Å². The van der Waals surface area contributed by atoms with Gasteiger partial charge in [0.15, 0.2) is 6.29 Å². The number of amides is 1. The van der Waals surface area contributed by atoms with Crippen molar-refractivity contribution in [2.75, 3.05) is 20.3 Å². The fraction of sp³-hybridized carbons (Fsp3) is 0.609. The van der Waals surface area contributed by atoms with Gasteiger partial charge in [0.1, 0.15) is 12.4 Å². The number of carbonyl (C=O) groups excluding carboxylic acids is 1. The van der Waals surface area contributed by atoms with Crippen molar-refractivity contribution in [3.63, 3.8) is 0 Å². The van der Waals surface area contributed by atoms with Gasteiger partial charge in [0, 0.05) is 25.6 Å². The quantitative estimate of drug-likeness (QED) is 0.500. The molecule has 2 saturated heterocycles. The third-order valence-electron chi connectivity index (χ3n) is 6.12. The van der Waals surface area contributed by atoms with Gasteiger partial charge in [0.05, 0.1) is 7.11 Å². The van der Waals surface area contributed by atoms with E-state index in [1.165, 1.54) is 4.90 Å². The Labute approximate surface area is 192 Å². The van der Waals surface area contributed by atoms with Crippen LogP contribution in [-0.2, 0) is 30.4 Å². The molecular weight excluding hydrogens is 434 g/mol. The Kier molecular flexibility index (Phi) is 8.51. The monoisotopic (exact) mass is 465 g/mol. The molecule has 0 radical (unpaired) electrons. The SMILES string of the molecule is COc1ccc(COC(=O)N2CCCC2CCC(OC2CCCCO2)(C(=O)O)C(=O)O)cc1. The van der Waals surface area contributed by atoms with E-state index in [1.807, 2.05) is 0 Å². The van der Waals surface area contributed by atoms with Crippen LogP contribution in [-0.4, -0.2) is 71.3 Å². The maximum Gasteiger partial charge on any atom is 0.410 e. The van der Waals surface area contributed by atoms with Crippen molar-refractivity contribution in [2.45, 2.75) is 69.5 Å². The molecule has 2 aliphatic rings.